The first-order valence-corrected chi connectivity index (χ1v) is 4.67. The summed E-state index contributed by atoms with van der Waals surface area (Å²) in [7, 11) is 0. The molecule has 0 saturated heterocycles. The van der Waals surface area contributed by atoms with Crippen LogP contribution < -0.4 is 5.32 Å². The van der Waals surface area contributed by atoms with Gasteiger partial charge in [-0.05, 0) is 17.7 Å². The molecule has 1 aromatic carbocycles. The zero-order valence-corrected chi connectivity index (χ0v) is 8.20. The van der Waals surface area contributed by atoms with Crippen molar-refractivity contribution in [3.63, 3.8) is 0 Å². The Balaban J connectivity index is 2.37. The van der Waals surface area contributed by atoms with Crippen molar-refractivity contribution in [3.05, 3.63) is 35.6 Å². The summed E-state index contributed by atoms with van der Waals surface area (Å²) in [5.74, 6) is -0.483. The van der Waals surface area contributed by atoms with Crippen LogP contribution in [0.1, 0.15) is 12.0 Å². The molecule has 0 heterocycles. The molecular weight excluding hydrogens is 197 g/mol. The van der Waals surface area contributed by atoms with E-state index in [1.54, 1.807) is 12.1 Å². The number of halogens is 1. The van der Waals surface area contributed by atoms with E-state index in [1.165, 1.54) is 12.1 Å². The van der Waals surface area contributed by atoms with Gasteiger partial charge in [0.1, 0.15) is 12.1 Å². The second-order valence-electron chi connectivity index (χ2n) is 3.11. The quantitative estimate of drug-likeness (QED) is 0.582. The summed E-state index contributed by atoms with van der Waals surface area (Å²) in [6.45, 7) is 0.351. The Labute approximate surface area is 87.3 Å². The fourth-order valence-corrected chi connectivity index (χ4v) is 1.12. The number of aldehydes is 1. The average molecular weight is 209 g/mol. The van der Waals surface area contributed by atoms with Crippen molar-refractivity contribution in [1.29, 1.82) is 0 Å². The first-order valence-electron chi connectivity index (χ1n) is 4.67. The van der Waals surface area contributed by atoms with E-state index >= 15 is 0 Å². The first kappa shape index (κ1) is 11.4. The lowest BCUT2D eigenvalue weighted by Gasteiger charge is -2.02. The molecule has 0 aromatic heterocycles. The van der Waals surface area contributed by atoms with Crippen LogP contribution in [0, 0.1) is 5.82 Å². The third kappa shape index (κ3) is 4.35. The molecule has 1 rings (SSSR count). The normalized spacial score (nSPS) is 9.67. The summed E-state index contributed by atoms with van der Waals surface area (Å²) in [5, 5.41) is 2.58. The highest BCUT2D eigenvalue weighted by molar-refractivity contribution is 5.78. The number of benzene rings is 1. The fourth-order valence-electron chi connectivity index (χ4n) is 1.12. The van der Waals surface area contributed by atoms with Crippen LogP contribution in [0.25, 0.3) is 0 Å². The molecule has 80 valence electrons. The van der Waals surface area contributed by atoms with Crippen LogP contribution in [0.3, 0.4) is 0 Å². The Morgan fingerprint density at radius 3 is 2.60 bits per heavy atom. The molecule has 0 aliphatic carbocycles. The van der Waals surface area contributed by atoms with Gasteiger partial charge in [0, 0.05) is 13.0 Å². The zero-order chi connectivity index (χ0) is 11.1. The summed E-state index contributed by atoms with van der Waals surface area (Å²) >= 11 is 0. The van der Waals surface area contributed by atoms with Crippen LogP contribution in [0.5, 0.6) is 0 Å². The molecule has 4 heteroatoms. The van der Waals surface area contributed by atoms with Gasteiger partial charge in [-0.25, -0.2) is 4.39 Å². The lowest BCUT2D eigenvalue weighted by atomic mass is 10.1. The van der Waals surface area contributed by atoms with Crippen molar-refractivity contribution >= 4 is 12.2 Å². The number of hydrogen-bond acceptors (Lipinski definition) is 2. The van der Waals surface area contributed by atoms with E-state index in [-0.39, 0.29) is 18.1 Å². The number of amides is 1. The van der Waals surface area contributed by atoms with Crippen molar-refractivity contribution in [2.75, 3.05) is 6.54 Å². The van der Waals surface area contributed by atoms with Gasteiger partial charge in [-0.15, -0.1) is 0 Å². The Kier molecular flexibility index (Phi) is 4.47. The SMILES string of the molecule is O=CCCNC(=O)Cc1ccc(F)cc1. The van der Waals surface area contributed by atoms with Gasteiger partial charge in [0.05, 0.1) is 6.42 Å². The van der Waals surface area contributed by atoms with Crippen LogP contribution >= 0.6 is 0 Å². The van der Waals surface area contributed by atoms with Crippen molar-refractivity contribution in [2.45, 2.75) is 12.8 Å². The summed E-state index contributed by atoms with van der Waals surface area (Å²) in [6.07, 6.45) is 1.27. The van der Waals surface area contributed by atoms with Crippen LogP contribution in [0.4, 0.5) is 4.39 Å². The van der Waals surface area contributed by atoms with Crippen LogP contribution in [-0.2, 0) is 16.0 Å². The number of rotatable bonds is 5. The summed E-state index contributed by atoms with van der Waals surface area (Å²) in [6, 6.07) is 5.76. The molecule has 15 heavy (non-hydrogen) atoms. The van der Waals surface area contributed by atoms with E-state index in [2.05, 4.69) is 5.32 Å². The molecule has 1 N–H and O–H groups in total. The lowest BCUT2D eigenvalue weighted by molar-refractivity contribution is -0.120. The smallest absolute Gasteiger partial charge is 0.224 e. The Morgan fingerprint density at radius 2 is 2.00 bits per heavy atom. The van der Waals surface area contributed by atoms with Gasteiger partial charge in [-0.2, -0.15) is 0 Å². The largest absolute Gasteiger partial charge is 0.355 e. The summed E-state index contributed by atoms with van der Waals surface area (Å²) in [5.41, 5.74) is 0.750. The minimum absolute atomic E-state index is 0.163. The van der Waals surface area contributed by atoms with E-state index in [0.29, 0.717) is 13.0 Å². The number of carbonyl (C=O) groups excluding carboxylic acids is 2. The molecular formula is C11H12FNO2. The molecule has 0 bridgehead atoms. The van der Waals surface area contributed by atoms with Gasteiger partial charge < -0.3 is 10.1 Å². The number of nitrogens with one attached hydrogen (secondary N) is 1. The summed E-state index contributed by atoms with van der Waals surface area (Å²) < 4.78 is 12.5. The van der Waals surface area contributed by atoms with Crippen molar-refractivity contribution < 1.29 is 14.0 Å². The maximum Gasteiger partial charge on any atom is 0.224 e. The molecule has 3 nitrogen and oxygen atoms in total. The van der Waals surface area contributed by atoms with E-state index in [4.69, 9.17) is 0 Å². The van der Waals surface area contributed by atoms with Gasteiger partial charge in [-0.1, -0.05) is 12.1 Å². The third-order valence-electron chi connectivity index (χ3n) is 1.86. The first-order chi connectivity index (χ1) is 7.22. The number of hydrogen-bond donors (Lipinski definition) is 1. The van der Waals surface area contributed by atoms with E-state index in [1.807, 2.05) is 0 Å². The zero-order valence-electron chi connectivity index (χ0n) is 8.20. The van der Waals surface area contributed by atoms with Crippen molar-refractivity contribution in [1.82, 2.24) is 5.32 Å². The molecule has 0 atom stereocenters. The highest BCUT2D eigenvalue weighted by Gasteiger charge is 2.02. The highest BCUT2D eigenvalue weighted by atomic mass is 19.1. The molecule has 1 amide bonds. The fraction of sp³-hybridized carbons (Fsp3) is 0.273. The predicted molar refractivity (Wildman–Crippen MR) is 53.8 cm³/mol. The van der Waals surface area contributed by atoms with E-state index < -0.39 is 0 Å². The second kappa shape index (κ2) is 5.90. The topological polar surface area (TPSA) is 46.2 Å². The van der Waals surface area contributed by atoms with E-state index in [0.717, 1.165) is 11.8 Å². The minimum Gasteiger partial charge on any atom is -0.355 e. The number of carbonyl (C=O) groups is 2. The maximum atomic E-state index is 12.5. The molecule has 0 saturated carbocycles. The van der Waals surface area contributed by atoms with Crippen molar-refractivity contribution in [2.24, 2.45) is 0 Å². The van der Waals surface area contributed by atoms with Crippen molar-refractivity contribution in [3.8, 4) is 0 Å². The Hall–Kier alpha value is -1.71. The second-order valence-corrected chi connectivity index (χ2v) is 3.11. The minimum atomic E-state index is -0.319. The molecule has 0 unspecified atom stereocenters. The highest BCUT2D eigenvalue weighted by Crippen LogP contribution is 2.03. The lowest BCUT2D eigenvalue weighted by Crippen LogP contribution is -2.26. The van der Waals surface area contributed by atoms with Crippen LogP contribution in [0.2, 0.25) is 0 Å². The van der Waals surface area contributed by atoms with Gasteiger partial charge in [0.15, 0.2) is 0 Å². The monoisotopic (exact) mass is 209 g/mol. The predicted octanol–water partition coefficient (Wildman–Crippen LogP) is 1.07. The Bertz CT molecular complexity index is 335. The molecule has 0 spiro atoms. The van der Waals surface area contributed by atoms with Gasteiger partial charge in [0.25, 0.3) is 0 Å². The Morgan fingerprint density at radius 1 is 1.33 bits per heavy atom. The van der Waals surface area contributed by atoms with Crippen LogP contribution in [-0.4, -0.2) is 18.7 Å². The molecule has 0 aliphatic heterocycles. The molecule has 0 fully saturated rings. The van der Waals surface area contributed by atoms with Gasteiger partial charge in [-0.3, -0.25) is 4.79 Å². The van der Waals surface area contributed by atoms with Crippen LogP contribution in [0.15, 0.2) is 24.3 Å². The maximum absolute atomic E-state index is 12.5. The molecule has 0 aliphatic rings. The average Bonchev–Trinajstić information content (AvgIpc) is 2.22. The van der Waals surface area contributed by atoms with Gasteiger partial charge >= 0.3 is 0 Å². The summed E-state index contributed by atoms with van der Waals surface area (Å²) in [4.78, 5) is 21.2. The molecule has 1 aromatic rings. The van der Waals surface area contributed by atoms with E-state index in [9.17, 15) is 14.0 Å². The third-order valence-corrected chi connectivity index (χ3v) is 1.86. The molecule has 0 radical (unpaired) electrons. The standard InChI is InChI=1S/C11H12FNO2/c12-10-4-2-9(3-5-10)8-11(15)13-6-1-7-14/h2-5,7H,1,6,8H2,(H,13,15). The van der Waals surface area contributed by atoms with Gasteiger partial charge in [0.2, 0.25) is 5.91 Å².